The number of likely N-dealkylation sites (tertiary alicyclic amines) is 1. The minimum Gasteiger partial charge on any atom is -0.340 e. The number of benzene rings is 2. The van der Waals surface area contributed by atoms with Crippen molar-refractivity contribution in [2.24, 2.45) is 5.92 Å². The third-order valence-corrected chi connectivity index (χ3v) is 6.31. The van der Waals surface area contributed by atoms with Gasteiger partial charge in [-0.15, -0.1) is 0 Å². The molecule has 1 fully saturated rings. The number of amides is 1. The largest absolute Gasteiger partial charge is 0.340 e. The fraction of sp³-hybridized carbons (Fsp3) is 0.269. The molecule has 0 saturated carbocycles. The molecular weight excluding hydrogens is 443 g/mol. The van der Waals surface area contributed by atoms with Crippen molar-refractivity contribution >= 4 is 23.3 Å². The smallest absolute Gasteiger partial charge is 0.253 e. The molecule has 3 aromatic rings. The molecule has 0 aliphatic carbocycles. The normalized spacial score (nSPS) is 15.3. The molecule has 4 rings (SSSR count). The van der Waals surface area contributed by atoms with Crippen LogP contribution in [0, 0.1) is 11.7 Å². The van der Waals surface area contributed by atoms with Gasteiger partial charge in [-0.3, -0.25) is 19.0 Å². The van der Waals surface area contributed by atoms with Gasteiger partial charge in [-0.1, -0.05) is 41.9 Å². The molecule has 33 heavy (non-hydrogen) atoms. The molecule has 0 N–H and O–H groups in total. The van der Waals surface area contributed by atoms with Crippen molar-refractivity contribution < 1.29 is 14.0 Å². The van der Waals surface area contributed by atoms with E-state index in [9.17, 15) is 18.8 Å². The molecule has 2 aromatic carbocycles. The Bertz CT molecular complexity index is 1190. The number of carbonyl (C=O) groups is 2. The molecule has 1 aliphatic heterocycles. The molecule has 1 aliphatic rings. The molecule has 1 aromatic heterocycles. The summed E-state index contributed by atoms with van der Waals surface area (Å²) in [6.45, 7) is 0.998. The zero-order valence-electron chi connectivity index (χ0n) is 18.0. The van der Waals surface area contributed by atoms with E-state index < -0.39 is 29.1 Å². The number of Topliss-reactive ketones (excluding diaryl/α,β-unsaturated/α-hetero) is 1. The van der Waals surface area contributed by atoms with Crippen LogP contribution in [0.4, 0.5) is 4.39 Å². The van der Waals surface area contributed by atoms with Crippen LogP contribution >= 0.6 is 11.6 Å². The molecule has 170 valence electrons. The Morgan fingerprint density at radius 1 is 0.970 bits per heavy atom. The number of ketones is 1. The van der Waals surface area contributed by atoms with E-state index >= 15 is 0 Å². The first-order valence-corrected chi connectivity index (χ1v) is 11.3. The van der Waals surface area contributed by atoms with E-state index in [1.165, 1.54) is 36.0 Å². The van der Waals surface area contributed by atoms with Crippen molar-refractivity contribution in [1.82, 2.24) is 9.47 Å². The highest BCUT2D eigenvalue weighted by Gasteiger charge is 2.35. The highest BCUT2D eigenvalue weighted by atomic mass is 35.5. The van der Waals surface area contributed by atoms with Crippen LogP contribution in [0.25, 0.3) is 0 Å². The number of nitrogens with zero attached hydrogens (tertiary/aromatic N) is 2. The van der Waals surface area contributed by atoms with Gasteiger partial charge in [0.2, 0.25) is 0 Å². The van der Waals surface area contributed by atoms with Crippen molar-refractivity contribution in [3.05, 3.63) is 105 Å². The first-order valence-electron chi connectivity index (χ1n) is 10.9. The van der Waals surface area contributed by atoms with Crippen LogP contribution < -0.4 is 5.56 Å². The molecule has 0 radical (unpaired) electrons. The average Bonchev–Trinajstić information content (AvgIpc) is 2.83. The predicted octanol–water partition coefficient (Wildman–Crippen LogP) is 4.55. The standard InChI is InChI=1S/C26H24ClFN2O3/c27-21-8-11-23(31)30(17-21)24(25(32)20-6-9-22(28)10-7-20)26(33)29-14-12-19(13-15-29)16-18-4-2-1-3-5-18/h1-11,17,19,24H,12-16H2/t24-/m0/s1. The number of carbonyl (C=O) groups excluding carboxylic acids is 2. The molecular formula is C26H24ClFN2O3. The van der Waals surface area contributed by atoms with Crippen molar-refractivity contribution in [3.63, 3.8) is 0 Å². The fourth-order valence-electron chi connectivity index (χ4n) is 4.29. The van der Waals surface area contributed by atoms with Crippen LogP contribution in [0.5, 0.6) is 0 Å². The third-order valence-electron chi connectivity index (χ3n) is 6.08. The second-order valence-corrected chi connectivity index (χ2v) is 8.76. The quantitative estimate of drug-likeness (QED) is 0.395. The van der Waals surface area contributed by atoms with Crippen LogP contribution in [0.15, 0.2) is 77.7 Å². The minimum absolute atomic E-state index is 0.153. The SMILES string of the molecule is O=C(c1ccc(F)cc1)[C@@H](C(=O)N1CCC(Cc2ccccc2)CC1)n1cc(Cl)ccc1=O. The molecule has 0 bridgehead atoms. The average molecular weight is 467 g/mol. The van der Waals surface area contributed by atoms with Crippen LogP contribution in [0.2, 0.25) is 5.02 Å². The Balaban J connectivity index is 1.56. The summed E-state index contributed by atoms with van der Waals surface area (Å²) < 4.78 is 14.5. The Kier molecular flexibility index (Phi) is 7.04. The monoisotopic (exact) mass is 466 g/mol. The number of hydrogen-bond donors (Lipinski definition) is 0. The maximum Gasteiger partial charge on any atom is 0.253 e. The Morgan fingerprint density at radius 2 is 1.64 bits per heavy atom. The molecule has 1 atom stereocenters. The zero-order chi connectivity index (χ0) is 23.4. The summed E-state index contributed by atoms with van der Waals surface area (Å²) in [4.78, 5) is 41.1. The van der Waals surface area contributed by atoms with Crippen LogP contribution in [0.3, 0.4) is 0 Å². The van der Waals surface area contributed by atoms with E-state index in [0.29, 0.717) is 19.0 Å². The second-order valence-electron chi connectivity index (χ2n) is 8.32. The van der Waals surface area contributed by atoms with E-state index in [2.05, 4.69) is 12.1 Å². The molecule has 0 spiro atoms. The number of pyridine rings is 1. The summed E-state index contributed by atoms with van der Waals surface area (Å²) >= 11 is 6.07. The number of hydrogen-bond acceptors (Lipinski definition) is 3. The van der Waals surface area contributed by atoms with E-state index in [0.717, 1.165) is 36.0 Å². The maximum absolute atomic E-state index is 13.5. The summed E-state index contributed by atoms with van der Waals surface area (Å²) in [6.07, 6.45) is 3.86. The lowest BCUT2D eigenvalue weighted by Crippen LogP contribution is -2.46. The van der Waals surface area contributed by atoms with Crippen LogP contribution in [-0.2, 0) is 11.2 Å². The third kappa shape index (κ3) is 5.40. The first-order chi connectivity index (χ1) is 15.9. The van der Waals surface area contributed by atoms with Crippen LogP contribution in [-0.4, -0.2) is 34.2 Å². The van der Waals surface area contributed by atoms with Gasteiger partial charge in [0.05, 0.1) is 5.02 Å². The lowest BCUT2D eigenvalue weighted by molar-refractivity contribution is -0.134. The van der Waals surface area contributed by atoms with Gasteiger partial charge < -0.3 is 4.90 Å². The van der Waals surface area contributed by atoms with Gasteiger partial charge in [0.15, 0.2) is 11.8 Å². The van der Waals surface area contributed by atoms with Gasteiger partial charge in [-0.25, -0.2) is 4.39 Å². The molecule has 7 heteroatoms. The first kappa shape index (κ1) is 22.9. The summed E-state index contributed by atoms with van der Waals surface area (Å²) in [7, 11) is 0. The topological polar surface area (TPSA) is 59.4 Å². The molecule has 1 saturated heterocycles. The molecule has 0 unspecified atom stereocenters. The van der Waals surface area contributed by atoms with E-state index in [1.54, 1.807) is 4.90 Å². The summed E-state index contributed by atoms with van der Waals surface area (Å²) in [6, 6.07) is 16.4. The van der Waals surface area contributed by atoms with Crippen molar-refractivity contribution in [2.45, 2.75) is 25.3 Å². The van der Waals surface area contributed by atoms with Gasteiger partial charge in [0.25, 0.3) is 11.5 Å². The van der Waals surface area contributed by atoms with Gasteiger partial charge in [-0.05, 0) is 61.1 Å². The highest BCUT2D eigenvalue weighted by Crippen LogP contribution is 2.25. The predicted molar refractivity (Wildman–Crippen MR) is 125 cm³/mol. The maximum atomic E-state index is 13.5. The lowest BCUT2D eigenvalue weighted by Gasteiger charge is -2.34. The summed E-state index contributed by atoms with van der Waals surface area (Å²) in [5.41, 5.74) is 0.907. The van der Waals surface area contributed by atoms with Gasteiger partial charge in [0, 0.05) is 30.9 Å². The molecule has 5 nitrogen and oxygen atoms in total. The highest BCUT2D eigenvalue weighted by molar-refractivity contribution is 6.30. The lowest BCUT2D eigenvalue weighted by atomic mass is 9.89. The van der Waals surface area contributed by atoms with Crippen molar-refractivity contribution in [2.75, 3.05) is 13.1 Å². The van der Waals surface area contributed by atoms with E-state index in [1.807, 2.05) is 18.2 Å². The second kappa shape index (κ2) is 10.1. The van der Waals surface area contributed by atoms with Gasteiger partial charge in [0.1, 0.15) is 5.82 Å². The molecule has 1 amide bonds. The minimum atomic E-state index is -1.40. The number of rotatable bonds is 6. The summed E-state index contributed by atoms with van der Waals surface area (Å²) in [5, 5.41) is 0.237. The number of aromatic nitrogens is 1. The number of halogens is 2. The molecule has 2 heterocycles. The Labute approximate surface area is 196 Å². The van der Waals surface area contributed by atoms with Gasteiger partial charge in [-0.2, -0.15) is 0 Å². The van der Waals surface area contributed by atoms with E-state index in [-0.39, 0.29) is 10.6 Å². The Morgan fingerprint density at radius 3 is 2.30 bits per heavy atom. The van der Waals surface area contributed by atoms with E-state index in [4.69, 9.17) is 11.6 Å². The van der Waals surface area contributed by atoms with Crippen LogP contribution in [0.1, 0.15) is 34.8 Å². The van der Waals surface area contributed by atoms with Crippen molar-refractivity contribution in [3.8, 4) is 0 Å². The van der Waals surface area contributed by atoms with Gasteiger partial charge >= 0.3 is 0 Å². The van der Waals surface area contributed by atoms with Crippen molar-refractivity contribution in [1.29, 1.82) is 0 Å². The fourth-order valence-corrected chi connectivity index (χ4v) is 4.45. The Hall–Kier alpha value is -3.25. The zero-order valence-corrected chi connectivity index (χ0v) is 18.7. The number of piperidine rings is 1. The summed E-state index contributed by atoms with van der Waals surface area (Å²) in [5.74, 6) is -1.07.